The summed E-state index contributed by atoms with van der Waals surface area (Å²) in [5.74, 6) is 6.48. The third kappa shape index (κ3) is 6.07. The first-order valence-corrected chi connectivity index (χ1v) is 10.7. The molecular formula is C22H48O. The Balaban J connectivity index is 0. The van der Waals surface area contributed by atoms with Crippen LogP contribution in [0.4, 0.5) is 0 Å². The quantitative estimate of drug-likeness (QED) is 0.516. The molecule has 3 aliphatic carbocycles. The van der Waals surface area contributed by atoms with Gasteiger partial charge in [-0.2, -0.15) is 0 Å². The van der Waals surface area contributed by atoms with Crippen molar-refractivity contribution < 1.29 is 8.33 Å². The van der Waals surface area contributed by atoms with Crippen LogP contribution in [0.5, 0.6) is 0 Å². The van der Waals surface area contributed by atoms with Crippen LogP contribution in [0.25, 0.3) is 0 Å². The Kier molecular flexibility index (Phi) is 9.82. The van der Waals surface area contributed by atoms with Crippen molar-refractivity contribution in [3.63, 3.8) is 0 Å². The molecule has 1 nitrogen and oxygen atoms in total. The summed E-state index contributed by atoms with van der Waals surface area (Å²) in [5, 5.41) is 0. The predicted octanol–water partition coefficient (Wildman–Crippen LogP) is 7.14. The van der Waals surface area contributed by atoms with Gasteiger partial charge >= 0.3 is 0 Å². The van der Waals surface area contributed by atoms with Crippen molar-refractivity contribution in [3.05, 3.63) is 0 Å². The minimum atomic E-state index is 0. The normalized spacial score (nSPS) is 41.2. The van der Waals surface area contributed by atoms with E-state index >= 15 is 0 Å². The molecule has 0 aromatic heterocycles. The van der Waals surface area contributed by atoms with E-state index in [9.17, 15) is 0 Å². The van der Waals surface area contributed by atoms with E-state index < -0.39 is 0 Å². The molecule has 1 heteroatoms. The molecule has 0 unspecified atom stereocenters. The van der Waals surface area contributed by atoms with E-state index in [4.69, 9.17) is 0 Å². The minimum Gasteiger partial charge on any atom is -0.412 e. The van der Waals surface area contributed by atoms with Gasteiger partial charge in [0, 0.05) is 2.85 Å². The summed E-state index contributed by atoms with van der Waals surface area (Å²) in [6, 6.07) is 0. The second-order valence-electron chi connectivity index (χ2n) is 8.71. The van der Waals surface area contributed by atoms with Crippen molar-refractivity contribution in [2.45, 2.75) is 105 Å². The molecular weight excluding hydrogens is 280 g/mol. The van der Waals surface area contributed by atoms with Gasteiger partial charge in [0.1, 0.15) is 0 Å². The largest absolute Gasteiger partial charge is 0.412 e. The lowest BCUT2D eigenvalue weighted by Gasteiger charge is -2.41. The van der Waals surface area contributed by atoms with Crippen molar-refractivity contribution in [2.75, 3.05) is 0 Å². The lowest BCUT2D eigenvalue weighted by molar-refractivity contribution is 0.108. The average molecular weight is 329 g/mol. The Morgan fingerprint density at radius 2 is 0.609 bits per heavy atom. The van der Waals surface area contributed by atoms with Crippen molar-refractivity contribution in [1.29, 1.82) is 0 Å². The van der Waals surface area contributed by atoms with Gasteiger partial charge in [0.2, 0.25) is 0 Å². The van der Waals surface area contributed by atoms with Gasteiger partial charge in [-0.05, 0) is 86.9 Å². The highest BCUT2D eigenvalue weighted by Gasteiger charge is 2.33. The molecule has 23 heavy (non-hydrogen) atoms. The maximum Gasteiger partial charge on any atom is 0 e. The number of hydrogen-bond donors (Lipinski definition) is 0. The molecule has 3 fully saturated rings. The Bertz CT molecular complexity index is 256. The number of hydrogen-bond acceptors (Lipinski definition) is 0. The van der Waals surface area contributed by atoms with Crippen LogP contribution in [0.3, 0.4) is 0 Å². The van der Waals surface area contributed by atoms with Gasteiger partial charge in [0.25, 0.3) is 0 Å². The van der Waals surface area contributed by atoms with Gasteiger partial charge in [0.15, 0.2) is 0 Å². The third-order valence-corrected chi connectivity index (χ3v) is 7.27. The van der Waals surface area contributed by atoms with Gasteiger partial charge < -0.3 is 5.48 Å². The van der Waals surface area contributed by atoms with Crippen LogP contribution in [-0.4, -0.2) is 5.48 Å². The van der Waals surface area contributed by atoms with E-state index in [0.717, 1.165) is 35.5 Å². The first-order chi connectivity index (χ1) is 10.7. The zero-order valence-corrected chi connectivity index (χ0v) is 16.4. The second-order valence-corrected chi connectivity index (χ2v) is 8.71. The standard InChI is InChI=1S/C20H36.C2H6.H2O.2H2/c1-15-3-7-17(8-4-15)19-11-13-20(14-12-19)18-9-5-16(2)6-10-18;1-2;;;/h15-20H,3-14H2,1-2H3;1-2H3;1H2;2*1H. The monoisotopic (exact) mass is 328 g/mol. The van der Waals surface area contributed by atoms with Crippen LogP contribution in [0.15, 0.2) is 0 Å². The molecule has 0 radical (unpaired) electrons. The van der Waals surface area contributed by atoms with Crippen LogP contribution in [0.1, 0.15) is 108 Å². The predicted molar refractivity (Wildman–Crippen MR) is 107 cm³/mol. The van der Waals surface area contributed by atoms with Crippen molar-refractivity contribution in [3.8, 4) is 0 Å². The topological polar surface area (TPSA) is 31.5 Å². The Hall–Kier alpha value is -0.0400. The molecule has 0 saturated heterocycles. The molecule has 0 spiro atoms. The van der Waals surface area contributed by atoms with Crippen molar-refractivity contribution in [1.82, 2.24) is 0 Å². The van der Waals surface area contributed by atoms with Crippen molar-refractivity contribution >= 4 is 0 Å². The first kappa shape index (κ1) is 21.0. The second kappa shape index (κ2) is 10.7. The summed E-state index contributed by atoms with van der Waals surface area (Å²) in [7, 11) is 0. The van der Waals surface area contributed by atoms with Gasteiger partial charge in [-0.1, -0.05) is 53.4 Å². The maximum atomic E-state index is 2.46. The van der Waals surface area contributed by atoms with E-state index in [2.05, 4.69) is 13.8 Å². The van der Waals surface area contributed by atoms with Crippen LogP contribution < -0.4 is 0 Å². The van der Waals surface area contributed by atoms with E-state index in [-0.39, 0.29) is 8.33 Å². The average Bonchev–Trinajstić information content (AvgIpc) is 2.58. The molecule has 3 aliphatic rings. The minimum absolute atomic E-state index is 0. The van der Waals surface area contributed by atoms with Crippen LogP contribution in [0.2, 0.25) is 0 Å². The van der Waals surface area contributed by atoms with Crippen molar-refractivity contribution in [2.24, 2.45) is 35.5 Å². The Labute approximate surface area is 149 Å². The fourth-order valence-electron chi connectivity index (χ4n) is 5.60. The highest BCUT2D eigenvalue weighted by Crippen LogP contribution is 2.45. The summed E-state index contributed by atoms with van der Waals surface area (Å²) in [4.78, 5) is 0. The zero-order chi connectivity index (χ0) is 15.9. The lowest BCUT2D eigenvalue weighted by Crippen LogP contribution is -2.29. The van der Waals surface area contributed by atoms with E-state index in [1.807, 2.05) is 13.8 Å². The molecule has 0 aromatic carbocycles. The van der Waals surface area contributed by atoms with Gasteiger partial charge in [-0.15, -0.1) is 0 Å². The molecule has 0 atom stereocenters. The highest BCUT2D eigenvalue weighted by atomic mass is 16.0. The summed E-state index contributed by atoms with van der Waals surface area (Å²) >= 11 is 0. The van der Waals surface area contributed by atoms with Gasteiger partial charge in [0.05, 0.1) is 0 Å². The molecule has 0 aromatic rings. The van der Waals surface area contributed by atoms with Crippen LogP contribution >= 0.6 is 0 Å². The molecule has 0 heterocycles. The first-order valence-electron chi connectivity index (χ1n) is 10.7. The Morgan fingerprint density at radius 1 is 0.435 bits per heavy atom. The molecule has 0 amide bonds. The smallest absolute Gasteiger partial charge is 0 e. The fourth-order valence-corrected chi connectivity index (χ4v) is 5.60. The SMILES string of the molecule is CC.CC1CCC(C2CCC(C3CCC(C)CC3)CC2)CC1.O.[HH].[HH]. The maximum absolute atomic E-state index is 2.46. The van der Waals surface area contributed by atoms with E-state index in [1.54, 1.807) is 51.4 Å². The lowest BCUT2D eigenvalue weighted by atomic mass is 9.65. The Morgan fingerprint density at radius 3 is 0.826 bits per heavy atom. The van der Waals surface area contributed by atoms with E-state index in [1.165, 1.54) is 25.7 Å². The summed E-state index contributed by atoms with van der Waals surface area (Å²) in [5.41, 5.74) is 0. The molecule has 3 rings (SSSR count). The highest BCUT2D eigenvalue weighted by molar-refractivity contribution is 4.85. The summed E-state index contributed by atoms with van der Waals surface area (Å²) < 4.78 is 0. The molecule has 142 valence electrons. The zero-order valence-electron chi connectivity index (χ0n) is 16.4. The summed E-state index contributed by atoms with van der Waals surface area (Å²) in [6.07, 6.45) is 18.6. The van der Waals surface area contributed by atoms with Crippen LogP contribution in [-0.2, 0) is 0 Å². The molecule has 3 saturated carbocycles. The van der Waals surface area contributed by atoms with Crippen LogP contribution in [0, 0.1) is 35.5 Å². The fraction of sp³-hybridized carbons (Fsp3) is 1.00. The molecule has 0 bridgehead atoms. The molecule has 2 N–H and O–H groups in total. The van der Waals surface area contributed by atoms with Gasteiger partial charge in [-0.3, -0.25) is 0 Å². The molecule has 0 aliphatic heterocycles. The summed E-state index contributed by atoms with van der Waals surface area (Å²) in [6.45, 7) is 8.91. The van der Waals surface area contributed by atoms with E-state index in [0.29, 0.717) is 0 Å². The third-order valence-electron chi connectivity index (χ3n) is 7.27. The number of rotatable bonds is 2. The van der Waals surface area contributed by atoms with Gasteiger partial charge in [-0.25, -0.2) is 0 Å².